The van der Waals surface area contributed by atoms with Crippen molar-refractivity contribution < 1.29 is 4.79 Å². The van der Waals surface area contributed by atoms with E-state index < -0.39 is 0 Å². The number of piperazine rings is 1. The standard InChI is InChI=1S/C21H23N3O/c1-22-16-17(19-9-5-6-10-20(19)22)15-21(25)24-13-11-23(12-14-24)18-7-3-2-4-8-18/h2-10,16H,11-15H2,1H3. The molecule has 0 unspecified atom stereocenters. The van der Waals surface area contributed by atoms with Crippen molar-refractivity contribution >= 4 is 22.5 Å². The van der Waals surface area contributed by atoms with E-state index in [0.717, 1.165) is 31.7 Å². The van der Waals surface area contributed by atoms with Gasteiger partial charge in [-0.2, -0.15) is 0 Å². The van der Waals surface area contributed by atoms with Gasteiger partial charge in [-0.15, -0.1) is 0 Å². The van der Waals surface area contributed by atoms with Gasteiger partial charge in [-0.25, -0.2) is 0 Å². The number of rotatable bonds is 3. The maximum absolute atomic E-state index is 12.8. The first-order chi connectivity index (χ1) is 12.2. The normalized spacial score (nSPS) is 14.9. The summed E-state index contributed by atoms with van der Waals surface area (Å²) < 4.78 is 2.10. The first kappa shape index (κ1) is 15.8. The fourth-order valence-corrected chi connectivity index (χ4v) is 3.69. The number of amides is 1. The highest BCUT2D eigenvalue weighted by Crippen LogP contribution is 2.22. The van der Waals surface area contributed by atoms with E-state index in [0.29, 0.717) is 6.42 Å². The summed E-state index contributed by atoms with van der Waals surface area (Å²) in [6.45, 7) is 3.37. The molecule has 2 aromatic carbocycles. The van der Waals surface area contributed by atoms with Crippen LogP contribution in [0.1, 0.15) is 5.56 Å². The largest absolute Gasteiger partial charge is 0.368 e. The first-order valence-corrected chi connectivity index (χ1v) is 8.83. The molecule has 1 aliphatic rings. The lowest BCUT2D eigenvalue weighted by Gasteiger charge is -2.36. The lowest BCUT2D eigenvalue weighted by Crippen LogP contribution is -2.49. The van der Waals surface area contributed by atoms with E-state index in [2.05, 4.69) is 52.1 Å². The van der Waals surface area contributed by atoms with Crippen LogP contribution in [0.5, 0.6) is 0 Å². The average Bonchev–Trinajstić information content (AvgIpc) is 2.98. The molecule has 1 fully saturated rings. The zero-order chi connectivity index (χ0) is 17.2. The van der Waals surface area contributed by atoms with Crippen LogP contribution in [-0.4, -0.2) is 41.6 Å². The zero-order valence-electron chi connectivity index (χ0n) is 14.6. The van der Waals surface area contributed by atoms with E-state index in [1.165, 1.54) is 16.6 Å². The van der Waals surface area contributed by atoms with Gasteiger partial charge in [0, 0.05) is 56.0 Å². The lowest BCUT2D eigenvalue weighted by molar-refractivity contribution is -0.130. The third kappa shape index (κ3) is 3.12. The van der Waals surface area contributed by atoms with E-state index >= 15 is 0 Å². The number of fused-ring (bicyclic) bond motifs is 1. The molecule has 0 spiro atoms. The summed E-state index contributed by atoms with van der Waals surface area (Å²) in [6.07, 6.45) is 2.56. The van der Waals surface area contributed by atoms with Crippen molar-refractivity contribution in [2.45, 2.75) is 6.42 Å². The van der Waals surface area contributed by atoms with E-state index in [-0.39, 0.29) is 5.91 Å². The summed E-state index contributed by atoms with van der Waals surface area (Å²) in [6, 6.07) is 18.7. The molecule has 4 nitrogen and oxygen atoms in total. The Morgan fingerprint density at radius 1 is 0.920 bits per heavy atom. The second-order valence-corrected chi connectivity index (χ2v) is 6.66. The number of carbonyl (C=O) groups excluding carboxylic acids is 1. The molecule has 1 saturated heterocycles. The van der Waals surface area contributed by atoms with Crippen molar-refractivity contribution in [1.29, 1.82) is 0 Å². The van der Waals surface area contributed by atoms with Crippen molar-refractivity contribution in [2.24, 2.45) is 7.05 Å². The van der Waals surface area contributed by atoms with Gasteiger partial charge < -0.3 is 14.4 Å². The molecule has 1 amide bonds. The summed E-state index contributed by atoms with van der Waals surface area (Å²) in [7, 11) is 2.04. The first-order valence-electron chi connectivity index (χ1n) is 8.83. The molecule has 128 valence electrons. The van der Waals surface area contributed by atoms with E-state index in [9.17, 15) is 4.79 Å². The smallest absolute Gasteiger partial charge is 0.227 e. The van der Waals surface area contributed by atoms with Gasteiger partial charge in [0.05, 0.1) is 6.42 Å². The van der Waals surface area contributed by atoms with Gasteiger partial charge in [0.25, 0.3) is 0 Å². The Kier molecular flexibility index (Phi) is 4.18. The van der Waals surface area contributed by atoms with Crippen molar-refractivity contribution in [1.82, 2.24) is 9.47 Å². The quantitative estimate of drug-likeness (QED) is 0.737. The van der Waals surface area contributed by atoms with Crippen LogP contribution in [0.4, 0.5) is 5.69 Å². The molecule has 0 N–H and O–H groups in total. The number of hydrogen-bond donors (Lipinski definition) is 0. The van der Waals surface area contributed by atoms with E-state index in [1.54, 1.807) is 0 Å². The Morgan fingerprint density at radius 2 is 1.60 bits per heavy atom. The highest BCUT2D eigenvalue weighted by molar-refractivity contribution is 5.89. The fraction of sp³-hybridized carbons (Fsp3) is 0.286. The summed E-state index contributed by atoms with van der Waals surface area (Å²) in [5.41, 5.74) is 3.54. The van der Waals surface area contributed by atoms with Gasteiger partial charge in [0.15, 0.2) is 0 Å². The van der Waals surface area contributed by atoms with Gasteiger partial charge >= 0.3 is 0 Å². The molecular formula is C21H23N3O. The van der Waals surface area contributed by atoms with E-state index in [1.807, 2.05) is 30.1 Å². The van der Waals surface area contributed by atoms with Crippen LogP contribution >= 0.6 is 0 Å². The summed E-state index contributed by atoms with van der Waals surface area (Å²) in [4.78, 5) is 17.1. The molecule has 1 aliphatic heterocycles. The molecular weight excluding hydrogens is 310 g/mol. The minimum Gasteiger partial charge on any atom is -0.368 e. The SMILES string of the molecule is Cn1cc(CC(=O)N2CCN(c3ccccc3)CC2)c2ccccc21. The fourth-order valence-electron chi connectivity index (χ4n) is 3.69. The Labute approximate surface area is 148 Å². The number of benzene rings is 2. The predicted molar refractivity (Wildman–Crippen MR) is 102 cm³/mol. The summed E-state index contributed by atoms with van der Waals surface area (Å²) in [5.74, 6) is 0.226. The highest BCUT2D eigenvalue weighted by Gasteiger charge is 2.22. The van der Waals surface area contributed by atoms with Crippen molar-refractivity contribution in [3.05, 3.63) is 66.4 Å². The molecule has 3 aromatic rings. The Morgan fingerprint density at radius 3 is 2.36 bits per heavy atom. The third-order valence-corrected chi connectivity index (χ3v) is 5.07. The topological polar surface area (TPSA) is 28.5 Å². The number of aryl methyl sites for hydroxylation is 1. The molecule has 4 rings (SSSR count). The second-order valence-electron chi connectivity index (χ2n) is 6.66. The molecule has 0 saturated carbocycles. The summed E-state index contributed by atoms with van der Waals surface area (Å²) in [5, 5.41) is 1.18. The van der Waals surface area contributed by atoms with E-state index in [4.69, 9.17) is 0 Å². The monoisotopic (exact) mass is 333 g/mol. The van der Waals surface area contributed by atoms with Crippen LogP contribution in [0.3, 0.4) is 0 Å². The summed E-state index contributed by atoms with van der Waals surface area (Å²) >= 11 is 0. The molecule has 0 atom stereocenters. The molecule has 0 bridgehead atoms. The van der Waals surface area contributed by atoms with Gasteiger partial charge in [-0.1, -0.05) is 36.4 Å². The van der Waals surface area contributed by atoms with Crippen LogP contribution in [-0.2, 0) is 18.3 Å². The number of nitrogens with zero attached hydrogens (tertiary/aromatic N) is 3. The number of anilines is 1. The van der Waals surface area contributed by atoms with Gasteiger partial charge in [0.1, 0.15) is 0 Å². The van der Waals surface area contributed by atoms with Gasteiger partial charge in [-0.3, -0.25) is 4.79 Å². The predicted octanol–water partition coefficient (Wildman–Crippen LogP) is 3.07. The number of aromatic nitrogens is 1. The maximum atomic E-state index is 12.8. The Hall–Kier alpha value is -2.75. The van der Waals surface area contributed by atoms with Crippen LogP contribution < -0.4 is 4.90 Å². The van der Waals surface area contributed by atoms with Crippen molar-refractivity contribution in [2.75, 3.05) is 31.1 Å². The van der Waals surface area contributed by atoms with Gasteiger partial charge in [-0.05, 0) is 23.8 Å². The number of hydrogen-bond acceptors (Lipinski definition) is 2. The lowest BCUT2D eigenvalue weighted by atomic mass is 10.1. The van der Waals surface area contributed by atoms with Crippen molar-refractivity contribution in [3.8, 4) is 0 Å². The molecule has 0 aliphatic carbocycles. The van der Waals surface area contributed by atoms with Crippen LogP contribution in [0.2, 0.25) is 0 Å². The highest BCUT2D eigenvalue weighted by atomic mass is 16.2. The molecule has 25 heavy (non-hydrogen) atoms. The van der Waals surface area contributed by atoms with Crippen LogP contribution in [0.15, 0.2) is 60.8 Å². The molecule has 0 radical (unpaired) electrons. The van der Waals surface area contributed by atoms with Crippen LogP contribution in [0, 0.1) is 0 Å². The maximum Gasteiger partial charge on any atom is 0.227 e. The second kappa shape index (κ2) is 6.63. The average molecular weight is 333 g/mol. The van der Waals surface area contributed by atoms with Crippen LogP contribution in [0.25, 0.3) is 10.9 Å². The Bertz CT molecular complexity index is 877. The molecule has 1 aromatic heterocycles. The molecule has 2 heterocycles. The van der Waals surface area contributed by atoms with Crippen molar-refractivity contribution in [3.63, 3.8) is 0 Å². The Balaban J connectivity index is 1.42. The number of para-hydroxylation sites is 2. The zero-order valence-corrected chi connectivity index (χ0v) is 14.6. The number of carbonyl (C=O) groups is 1. The minimum atomic E-state index is 0.226. The molecule has 4 heteroatoms. The minimum absolute atomic E-state index is 0.226. The van der Waals surface area contributed by atoms with Gasteiger partial charge in [0.2, 0.25) is 5.91 Å². The third-order valence-electron chi connectivity index (χ3n) is 5.07.